The number of nitrogens with two attached hydrogens (primary N) is 1. The lowest BCUT2D eigenvalue weighted by Gasteiger charge is -2.02. The highest BCUT2D eigenvalue weighted by atomic mass is 79.9. The van der Waals surface area contributed by atoms with Crippen molar-refractivity contribution in [3.05, 3.63) is 39.3 Å². The van der Waals surface area contributed by atoms with Crippen LogP contribution in [0.5, 0.6) is 0 Å². The molecule has 0 aliphatic rings. The third-order valence-corrected chi connectivity index (χ3v) is 3.92. The van der Waals surface area contributed by atoms with Crippen LogP contribution in [0.4, 0.5) is 8.78 Å². The molecule has 0 saturated heterocycles. The van der Waals surface area contributed by atoms with Gasteiger partial charge in [-0.25, -0.2) is 13.8 Å². The molecule has 6 heteroatoms. The van der Waals surface area contributed by atoms with Crippen molar-refractivity contribution in [1.82, 2.24) is 4.98 Å². The molecule has 2 rings (SSSR count). The number of hydrogen-bond donors (Lipinski definition) is 1. The van der Waals surface area contributed by atoms with Gasteiger partial charge in [-0.05, 0) is 34.6 Å². The van der Waals surface area contributed by atoms with Gasteiger partial charge in [0.15, 0.2) is 11.6 Å². The van der Waals surface area contributed by atoms with Gasteiger partial charge < -0.3 is 5.73 Å². The molecular formula is C11H9BrF2N2S. The standard InChI is InChI=1S/C11H9BrF2N2S/c12-9-7(1-2-8(13)10(9)14)11-16-6(3-4-15)5-17-11/h1-2,5H,3-4,15H2. The Morgan fingerprint density at radius 1 is 1.35 bits per heavy atom. The number of thiazole rings is 1. The molecule has 0 radical (unpaired) electrons. The molecule has 0 unspecified atom stereocenters. The summed E-state index contributed by atoms with van der Waals surface area (Å²) in [5.74, 6) is -1.77. The molecule has 0 fully saturated rings. The highest BCUT2D eigenvalue weighted by Crippen LogP contribution is 2.33. The van der Waals surface area contributed by atoms with Gasteiger partial charge in [0.05, 0.1) is 10.2 Å². The normalized spacial score (nSPS) is 10.8. The van der Waals surface area contributed by atoms with Crippen LogP contribution < -0.4 is 5.73 Å². The van der Waals surface area contributed by atoms with Crippen LogP contribution >= 0.6 is 27.3 Å². The van der Waals surface area contributed by atoms with E-state index in [2.05, 4.69) is 20.9 Å². The van der Waals surface area contributed by atoms with Crippen molar-refractivity contribution in [2.24, 2.45) is 5.73 Å². The Morgan fingerprint density at radius 2 is 2.12 bits per heavy atom. The summed E-state index contributed by atoms with van der Waals surface area (Å²) in [4.78, 5) is 4.32. The van der Waals surface area contributed by atoms with Crippen LogP contribution in [0.1, 0.15) is 5.69 Å². The minimum absolute atomic E-state index is 0.103. The summed E-state index contributed by atoms with van der Waals surface area (Å²) < 4.78 is 26.4. The minimum atomic E-state index is -0.891. The SMILES string of the molecule is NCCc1csc(-c2ccc(F)c(F)c2Br)n1. The first-order valence-electron chi connectivity index (χ1n) is 4.92. The van der Waals surface area contributed by atoms with Crippen LogP contribution in [-0.2, 0) is 6.42 Å². The Kier molecular flexibility index (Phi) is 3.86. The molecule has 1 heterocycles. The first-order chi connectivity index (χ1) is 8.13. The van der Waals surface area contributed by atoms with Crippen LogP contribution in [0.2, 0.25) is 0 Å². The first-order valence-corrected chi connectivity index (χ1v) is 6.59. The second-order valence-corrected chi connectivity index (χ2v) is 5.06. The van der Waals surface area contributed by atoms with Crippen LogP contribution in [0.15, 0.2) is 22.0 Å². The number of rotatable bonds is 3. The van der Waals surface area contributed by atoms with Crippen molar-refractivity contribution < 1.29 is 8.78 Å². The monoisotopic (exact) mass is 318 g/mol. The average Bonchev–Trinajstić information content (AvgIpc) is 2.75. The van der Waals surface area contributed by atoms with Crippen LogP contribution in [0, 0.1) is 11.6 Å². The smallest absolute Gasteiger partial charge is 0.173 e. The molecule has 0 spiro atoms. The van der Waals surface area contributed by atoms with E-state index >= 15 is 0 Å². The Balaban J connectivity index is 2.42. The second-order valence-electron chi connectivity index (χ2n) is 3.41. The third-order valence-electron chi connectivity index (χ3n) is 2.22. The molecule has 0 atom stereocenters. The maximum Gasteiger partial charge on any atom is 0.173 e. The number of benzene rings is 1. The largest absolute Gasteiger partial charge is 0.330 e. The van der Waals surface area contributed by atoms with Gasteiger partial charge in [0.25, 0.3) is 0 Å². The number of halogens is 3. The molecule has 90 valence electrons. The molecule has 0 bridgehead atoms. The van der Waals surface area contributed by atoms with Gasteiger partial charge >= 0.3 is 0 Å². The lowest BCUT2D eigenvalue weighted by molar-refractivity contribution is 0.505. The molecule has 2 aromatic rings. The quantitative estimate of drug-likeness (QED) is 0.881. The lowest BCUT2D eigenvalue weighted by Crippen LogP contribution is -2.02. The summed E-state index contributed by atoms with van der Waals surface area (Å²) >= 11 is 4.43. The maximum absolute atomic E-state index is 13.4. The zero-order chi connectivity index (χ0) is 12.4. The number of hydrogen-bond acceptors (Lipinski definition) is 3. The van der Waals surface area contributed by atoms with E-state index in [4.69, 9.17) is 5.73 Å². The highest BCUT2D eigenvalue weighted by molar-refractivity contribution is 9.10. The van der Waals surface area contributed by atoms with E-state index < -0.39 is 11.6 Å². The van der Waals surface area contributed by atoms with Gasteiger partial charge in [0, 0.05) is 17.4 Å². The number of aromatic nitrogens is 1. The molecule has 2 N–H and O–H groups in total. The molecule has 0 aliphatic carbocycles. The zero-order valence-corrected chi connectivity index (χ0v) is 11.1. The molecule has 2 nitrogen and oxygen atoms in total. The van der Waals surface area contributed by atoms with E-state index in [9.17, 15) is 8.78 Å². The highest BCUT2D eigenvalue weighted by Gasteiger charge is 2.14. The summed E-state index contributed by atoms with van der Waals surface area (Å²) in [5.41, 5.74) is 6.85. The van der Waals surface area contributed by atoms with Crippen LogP contribution in [-0.4, -0.2) is 11.5 Å². The Morgan fingerprint density at radius 3 is 2.82 bits per heavy atom. The molecule has 0 amide bonds. The van der Waals surface area contributed by atoms with Gasteiger partial charge in [0.2, 0.25) is 0 Å². The van der Waals surface area contributed by atoms with Gasteiger partial charge in [-0.2, -0.15) is 0 Å². The van der Waals surface area contributed by atoms with Gasteiger partial charge in [0.1, 0.15) is 5.01 Å². The van der Waals surface area contributed by atoms with E-state index in [0.29, 0.717) is 23.5 Å². The van der Waals surface area contributed by atoms with E-state index in [-0.39, 0.29) is 4.47 Å². The summed E-state index contributed by atoms with van der Waals surface area (Å²) in [7, 11) is 0. The fourth-order valence-electron chi connectivity index (χ4n) is 1.38. The second kappa shape index (κ2) is 5.20. The van der Waals surface area contributed by atoms with E-state index in [1.165, 1.54) is 17.4 Å². The van der Waals surface area contributed by atoms with Crippen LogP contribution in [0.3, 0.4) is 0 Å². The Hall–Kier alpha value is -0.850. The molecule has 0 aliphatic heterocycles. The predicted octanol–water partition coefficient (Wildman–Crippen LogP) is 3.35. The van der Waals surface area contributed by atoms with Crippen molar-refractivity contribution in [3.63, 3.8) is 0 Å². The minimum Gasteiger partial charge on any atom is -0.330 e. The fourth-order valence-corrected chi connectivity index (χ4v) is 2.91. The maximum atomic E-state index is 13.4. The molecule has 0 saturated carbocycles. The lowest BCUT2D eigenvalue weighted by atomic mass is 10.2. The van der Waals surface area contributed by atoms with E-state index in [0.717, 1.165) is 11.8 Å². The van der Waals surface area contributed by atoms with Gasteiger partial charge in [-0.15, -0.1) is 11.3 Å². The van der Waals surface area contributed by atoms with E-state index in [1.54, 1.807) is 0 Å². The fraction of sp³-hybridized carbons (Fsp3) is 0.182. The summed E-state index contributed by atoms with van der Waals surface area (Å²) in [6.45, 7) is 0.516. The van der Waals surface area contributed by atoms with Crippen molar-refractivity contribution in [3.8, 4) is 10.6 Å². The molecule has 1 aromatic heterocycles. The van der Waals surface area contributed by atoms with Crippen molar-refractivity contribution in [2.75, 3.05) is 6.54 Å². The molecule has 1 aromatic carbocycles. The Bertz CT molecular complexity index is 542. The summed E-state index contributed by atoms with van der Waals surface area (Å²) in [6.07, 6.45) is 0.678. The number of nitrogens with zero attached hydrogens (tertiary/aromatic N) is 1. The topological polar surface area (TPSA) is 38.9 Å². The van der Waals surface area contributed by atoms with Gasteiger partial charge in [-0.3, -0.25) is 0 Å². The van der Waals surface area contributed by atoms with Gasteiger partial charge in [-0.1, -0.05) is 0 Å². The van der Waals surface area contributed by atoms with Crippen molar-refractivity contribution in [1.29, 1.82) is 0 Å². The first kappa shape index (κ1) is 12.6. The molecule has 17 heavy (non-hydrogen) atoms. The predicted molar refractivity (Wildman–Crippen MR) is 67.9 cm³/mol. The Labute approximate surface area is 110 Å². The summed E-state index contributed by atoms with van der Waals surface area (Å²) in [5, 5.41) is 2.52. The third kappa shape index (κ3) is 2.53. The van der Waals surface area contributed by atoms with E-state index in [1.807, 2.05) is 5.38 Å². The zero-order valence-electron chi connectivity index (χ0n) is 8.71. The molecular weight excluding hydrogens is 310 g/mol. The van der Waals surface area contributed by atoms with Crippen molar-refractivity contribution in [2.45, 2.75) is 6.42 Å². The van der Waals surface area contributed by atoms with Crippen LogP contribution in [0.25, 0.3) is 10.6 Å². The average molecular weight is 319 g/mol. The van der Waals surface area contributed by atoms with Crippen molar-refractivity contribution >= 4 is 27.3 Å². The summed E-state index contributed by atoms with van der Waals surface area (Å²) in [6, 6.07) is 2.60.